The number of ether oxygens (including phenoxy) is 1. The van der Waals surface area contributed by atoms with Crippen molar-refractivity contribution in [2.75, 3.05) is 0 Å². The summed E-state index contributed by atoms with van der Waals surface area (Å²) in [6.45, 7) is 4.02. The third kappa shape index (κ3) is 3.11. The predicted octanol–water partition coefficient (Wildman–Crippen LogP) is 4.61. The van der Waals surface area contributed by atoms with E-state index >= 15 is 0 Å². The highest BCUT2D eigenvalue weighted by Crippen LogP contribution is 2.27. The van der Waals surface area contributed by atoms with E-state index < -0.39 is 0 Å². The maximum atomic E-state index is 13.9. The molecule has 0 bridgehead atoms. The van der Waals surface area contributed by atoms with Gasteiger partial charge in [-0.15, -0.1) is 0 Å². The second-order valence-electron chi connectivity index (χ2n) is 4.58. The number of benzene rings is 2. The molecule has 0 amide bonds. The first-order valence-corrected chi connectivity index (χ1v) is 6.07. The van der Waals surface area contributed by atoms with Crippen molar-refractivity contribution in [3.63, 3.8) is 0 Å². The molecule has 0 saturated carbocycles. The van der Waals surface area contributed by atoms with Gasteiger partial charge >= 0.3 is 0 Å². The van der Waals surface area contributed by atoms with Crippen molar-refractivity contribution >= 4 is 0 Å². The maximum Gasteiger partial charge on any atom is 0.166 e. The molecule has 0 aliphatic rings. The number of rotatable bonds is 3. The molecular formula is C16H14FNO. The highest BCUT2D eigenvalue weighted by atomic mass is 19.1. The molecule has 0 radical (unpaired) electrons. The lowest BCUT2D eigenvalue weighted by atomic mass is 10.0. The Morgan fingerprint density at radius 3 is 2.32 bits per heavy atom. The minimum atomic E-state index is -0.379. The van der Waals surface area contributed by atoms with Crippen LogP contribution in [0.2, 0.25) is 0 Å². The van der Waals surface area contributed by atoms with Crippen LogP contribution in [0.15, 0.2) is 42.5 Å². The van der Waals surface area contributed by atoms with Crippen molar-refractivity contribution in [1.29, 1.82) is 5.26 Å². The quantitative estimate of drug-likeness (QED) is 0.802. The zero-order valence-corrected chi connectivity index (χ0v) is 10.9. The molecule has 0 aliphatic carbocycles. The van der Waals surface area contributed by atoms with E-state index in [0.717, 1.165) is 5.56 Å². The summed E-state index contributed by atoms with van der Waals surface area (Å²) in [5, 5.41) is 8.69. The molecule has 0 N–H and O–H groups in total. The van der Waals surface area contributed by atoms with Gasteiger partial charge in [-0.25, -0.2) is 4.39 Å². The molecule has 96 valence electrons. The zero-order chi connectivity index (χ0) is 13.8. The van der Waals surface area contributed by atoms with Crippen LogP contribution in [0.1, 0.15) is 30.9 Å². The van der Waals surface area contributed by atoms with E-state index in [4.69, 9.17) is 10.00 Å². The smallest absolute Gasteiger partial charge is 0.166 e. The molecule has 0 atom stereocenters. The summed E-state index contributed by atoms with van der Waals surface area (Å²) < 4.78 is 19.3. The van der Waals surface area contributed by atoms with Gasteiger partial charge in [0.1, 0.15) is 5.75 Å². The molecule has 2 aromatic rings. The highest BCUT2D eigenvalue weighted by molar-refractivity contribution is 5.38. The summed E-state index contributed by atoms with van der Waals surface area (Å²) in [6.07, 6.45) is 0. The monoisotopic (exact) mass is 255 g/mol. The third-order valence-corrected chi connectivity index (χ3v) is 2.83. The van der Waals surface area contributed by atoms with Gasteiger partial charge < -0.3 is 4.74 Å². The van der Waals surface area contributed by atoms with E-state index in [9.17, 15) is 4.39 Å². The molecular weight excluding hydrogens is 241 g/mol. The Hall–Kier alpha value is -2.34. The molecule has 3 heteroatoms. The molecule has 2 nitrogen and oxygen atoms in total. The first-order valence-electron chi connectivity index (χ1n) is 6.07. The second kappa shape index (κ2) is 5.53. The Labute approximate surface area is 112 Å². The van der Waals surface area contributed by atoms with E-state index in [1.54, 1.807) is 30.3 Å². The summed E-state index contributed by atoms with van der Waals surface area (Å²) in [4.78, 5) is 0. The lowest BCUT2D eigenvalue weighted by molar-refractivity contribution is 0.441. The van der Waals surface area contributed by atoms with Crippen molar-refractivity contribution in [3.8, 4) is 17.6 Å². The standard InChI is InChI=1S/C16H14FNO/c1-11(2)13-5-8-16(15(17)9-13)19-14-6-3-12(10-18)4-7-14/h3-9,11H,1-2H3. The predicted molar refractivity (Wildman–Crippen MR) is 71.7 cm³/mol. The first kappa shape index (κ1) is 13.1. The van der Waals surface area contributed by atoms with Crippen LogP contribution in [0.3, 0.4) is 0 Å². The highest BCUT2D eigenvalue weighted by Gasteiger charge is 2.08. The number of halogens is 1. The van der Waals surface area contributed by atoms with E-state index in [1.807, 2.05) is 26.0 Å². The second-order valence-corrected chi connectivity index (χ2v) is 4.58. The van der Waals surface area contributed by atoms with Crippen molar-refractivity contribution < 1.29 is 9.13 Å². The molecule has 0 unspecified atom stereocenters. The lowest BCUT2D eigenvalue weighted by Gasteiger charge is -2.10. The van der Waals surface area contributed by atoms with Crippen molar-refractivity contribution in [2.24, 2.45) is 0 Å². The van der Waals surface area contributed by atoms with Gasteiger partial charge in [-0.05, 0) is 47.9 Å². The van der Waals surface area contributed by atoms with Crippen LogP contribution >= 0.6 is 0 Å². The minimum absolute atomic E-state index is 0.189. The van der Waals surface area contributed by atoms with Crippen LogP contribution in [-0.2, 0) is 0 Å². The average molecular weight is 255 g/mol. The van der Waals surface area contributed by atoms with Crippen molar-refractivity contribution in [3.05, 3.63) is 59.4 Å². The van der Waals surface area contributed by atoms with Crippen molar-refractivity contribution in [2.45, 2.75) is 19.8 Å². The molecule has 0 saturated heterocycles. The molecule has 0 aromatic heterocycles. The SMILES string of the molecule is CC(C)c1ccc(Oc2ccc(C#N)cc2)c(F)c1. The van der Waals surface area contributed by atoms with Gasteiger partial charge in [0.05, 0.1) is 11.6 Å². The maximum absolute atomic E-state index is 13.9. The van der Waals surface area contributed by atoms with Crippen LogP contribution < -0.4 is 4.74 Å². The summed E-state index contributed by atoms with van der Waals surface area (Å²) in [7, 11) is 0. The number of hydrogen-bond acceptors (Lipinski definition) is 2. The van der Waals surface area contributed by atoms with Gasteiger partial charge in [-0.1, -0.05) is 19.9 Å². The fourth-order valence-corrected chi connectivity index (χ4v) is 1.68. The van der Waals surface area contributed by atoms with E-state index in [0.29, 0.717) is 11.3 Å². The van der Waals surface area contributed by atoms with E-state index in [1.165, 1.54) is 6.07 Å². The number of nitriles is 1. The zero-order valence-electron chi connectivity index (χ0n) is 10.9. The van der Waals surface area contributed by atoms with Crippen LogP contribution in [-0.4, -0.2) is 0 Å². The average Bonchev–Trinajstić information content (AvgIpc) is 2.41. The van der Waals surface area contributed by atoms with Crippen LogP contribution in [0, 0.1) is 17.1 Å². The van der Waals surface area contributed by atoms with Crippen molar-refractivity contribution in [1.82, 2.24) is 0 Å². The van der Waals surface area contributed by atoms with Crippen LogP contribution in [0.5, 0.6) is 11.5 Å². The molecule has 2 rings (SSSR count). The largest absolute Gasteiger partial charge is 0.454 e. The van der Waals surface area contributed by atoms with Gasteiger partial charge in [0.25, 0.3) is 0 Å². The fourth-order valence-electron chi connectivity index (χ4n) is 1.68. The molecule has 2 aromatic carbocycles. The summed E-state index contributed by atoms with van der Waals surface area (Å²) in [5.41, 5.74) is 1.48. The van der Waals surface area contributed by atoms with Gasteiger partial charge in [-0.3, -0.25) is 0 Å². The van der Waals surface area contributed by atoms with Gasteiger partial charge in [-0.2, -0.15) is 5.26 Å². The topological polar surface area (TPSA) is 33.0 Å². The van der Waals surface area contributed by atoms with Crippen LogP contribution in [0.25, 0.3) is 0 Å². The van der Waals surface area contributed by atoms with E-state index in [-0.39, 0.29) is 17.5 Å². The van der Waals surface area contributed by atoms with Gasteiger partial charge in [0.15, 0.2) is 11.6 Å². The van der Waals surface area contributed by atoms with Gasteiger partial charge in [0.2, 0.25) is 0 Å². The Balaban J connectivity index is 2.21. The number of hydrogen-bond donors (Lipinski definition) is 0. The number of nitrogens with zero attached hydrogens (tertiary/aromatic N) is 1. The Morgan fingerprint density at radius 2 is 1.79 bits per heavy atom. The minimum Gasteiger partial charge on any atom is -0.454 e. The molecule has 19 heavy (non-hydrogen) atoms. The fraction of sp³-hybridized carbons (Fsp3) is 0.188. The summed E-state index contributed by atoms with van der Waals surface area (Å²) in [5.74, 6) is 0.596. The lowest BCUT2D eigenvalue weighted by Crippen LogP contribution is -1.92. The third-order valence-electron chi connectivity index (χ3n) is 2.83. The molecule has 0 aliphatic heterocycles. The van der Waals surface area contributed by atoms with E-state index in [2.05, 4.69) is 0 Å². The van der Waals surface area contributed by atoms with Gasteiger partial charge in [0, 0.05) is 0 Å². The molecule has 0 spiro atoms. The summed E-state index contributed by atoms with van der Waals surface area (Å²) >= 11 is 0. The first-order chi connectivity index (χ1) is 9.10. The Kier molecular flexibility index (Phi) is 3.82. The van der Waals surface area contributed by atoms with Crippen LogP contribution in [0.4, 0.5) is 4.39 Å². The Morgan fingerprint density at radius 1 is 1.11 bits per heavy atom. The Bertz CT molecular complexity index is 612. The molecule has 0 fully saturated rings. The normalized spacial score (nSPS) is 10.3. The molecule has 0 heterocycles. The summed E-state index contributed by atoms with van der Waals surface area (Å²) in [6, 6.07) is 13.6.